The molecular formula is C12H18O4S. The van der Waals surface area contributed by atoms with Crippen LogP contribution in [0, 0.1) is 6.92 Å². The Kier molecular flexibility index (Phi) is 4.96. The van der Waals surface area contributed by atoms with Crippen molar-refractivity contribution in [3.8, 4) is 5.75 Å². The second kappa shape index (κ2) is 6.02. The van der Waals surface area contributed by atoms with E-state index >= 15 is 0 Å². The van der Waals surface area contributed by atoms with Crippen molar-refractivity contribution in [2.45, 2.75) is 38.0 Å². The van der Waals surface area contributed by atoms with E-state index in [2.05, 4.69) is 6.92 Å². The fraction of sp³-hybridized carbons (Fsp3) is 0.500. The van der Waals surface area contributed by atoms with Gasteiger partial charge >= 0.3 is 0 Å². The maximum Gasteiger partial charge on any atom is 0.294 e. The van der Waals surface area contributed by atoms with Crippen LogP contribution >= 0.6 is 0 Å². The van der Waals surface area contributed by atoms with Gasteiger partial charge in [-0.1, -0.05) is 19.8 Å². The molecule has 0 amide bonds. The summed E-state index contributed by atoms with van der Waals surface area (Å²) in [6, 6.07) is 4.33. The number of aryl methyl sites for hydroxylation is 1. The average Bonchev–Trinajstić information content (AvgIpc) is 2.24. The summed E-state index contributed by atoms with van der Waals surface area (Å²) >= 11 is 0. The zero-order chi connectivity index (χ0) is 12.9. The van der Waals surface area contributed by atoms with Gasteiger partial charge in [-0.2, -0.15) is 8.42 Å². The van der Waals surface area contributed by atoms with Crippen molar-refractivity contribution in [2.24, 2.45) is 0 Å². The fourth-order valence-electron chi connectivity index (χ4n) is 1.48. The molecule has 1 aromatic rings. The summed E-state index contributed by atoms with van der Waals surface area (Å²) in [5, 5.41) is 0. The topological polar surface area (TPSA) is 63.6 Å². The predicted octanol–water partition coefficient (Wildman–Crippen LogP) is 2.81. The number of unbranched alkanes of at least 4 members (excludes halogenated alkanes) is 2. The molecule has 0 aliphatic rings. The van der Waals surface area contributed by atoms with E-state index in [0.29, 0.717) is 17.9 Å². The first kappa shape index (κ1) is 14.0. The van der Waals surface area contributed by atoms with Crippen LogP contribution in [-0.4, -0.2) is 19.6 Å². The van der Waals surface area contributed by atoms with Gasteiger partial charge in [-0.25, -0.2) is 0 Å². The number of ether oxygens (including phenoxy) is 1. The Labute approximate surface area is 102 Å². The van der Waals surface area contributed by atoms with Gasteiger partial charge in [0.05, 0.1) is 11.5 Å². The van der Waals surface area contributed by atoms with E-state index in [9.17, 15) is 8.42 Å². The van der Waals surface area contributed by atoms with Gasteiger partial charge in [0.15, 0.2) is 0 Å². The highest BCUT2D eigenvalue weighted by atomic mass is 32.2. The van der Waals surface area contributed by atoms with Crippen molar-refractivity contribution in [2.75, 3.05) is 6.61 Å². The van der Waals surface area contributed by atoms with Gasteiger partial charge in [-0.15, -0.1) is 0 Å². The van der Waals surface area contributed by atoms with Crippen molar-refractivity contribution in [1.29, 1.82) is 0 Å². The van der Waals surface area contributed by atoms with Gasteiger partial charge in [0.2, 0.25) is 0 Å². The molecule has 1 rings (SSSR count). The molecular weight excluding hydrogens is 240 g/mol. The van der Waals surface area contributed by atoms with Crippen LogP contribution in [0.2, 0.25) is 0 Å². The van der Waals surface area contributed by atoms with Crippen molar-refractivity contribution in [3.63, 3.8) is 0 Å². The molecule has 0 unspecified atom stereocenters. The quantitative estimate of drug-likeness (QED) is 0.629. The zero-order valence-corrected chi connectivity index (χ0v) is 11.0. The Balaban J connectivity index is 2.70. The standard InChI is InChI=1S/C12H18O4S/c1-3-4-5-8-16-12-7-6-11(9-10(12)2)17(13,14)15/h6-7,9H,3-5,8H2,1-2H3,(H,13,14,15). The molecule has 0 heterocycles. The first-order chi connectivity index (χ1) is 7.95. The Morgan fingerprint density at radius 1 is 1.29 bits per heavy atom. The van der Waals surface area contributed by atoms with Gasteiger partial charge in [-0.05, 0) is 37.1 Å². The highest BCUT2D eigenvalue weighted by molar-refractivity contribution is 7.85. The smallest absolute Gasteiger partial charge is 0.294 e. The molecule has 0 aliphatic carbocycles. The largest absolute Gasteiger partial charge is 0.493 e. The highest BCUT2D eigenvalue weighted by Gasteiger charge is 2.11. The van der Waals surface area contributed by atoms with Crippen LogP contribution in [0.25, 0.3) is 0 Å². The molecule has 0 bridgehead atoms. The minimum atomic E-state index is -4.13. The number of benzene rings is 1. The lowest BCUT2D eigenvalue weighted by Crippen LogP contribution is -2.02. The average molecular weight is 258 g/mol. The van der Waals surface area contributed by atoms with E-state index in [4.69, 9.17) is 9.29 Å². The highest BCUT2D eigenvalue weighted by Crippen LogP contribution is 2.21. The van der Waals surface area contributed by atoms with Crippen LogP contribution in [0.15, 0.2) is 23.1 Å². The summed E-state index contributed by atoms with van der Waals surface area (Å²) in [5.41, 5.74) is 0.705. The molecule has 1 N–H and O–H groups in total. The first-order valence-corrected chi connectivity index (χ1v) is 7.10. The molecule has 0 atom stereocenters. The van der Waals surface area contributed by atoms with E-state index < -0.39 is 10.1 Å². The SMILES string of the molecule is CCCCCOc1ccc(S(=O)(=O)O)cc1C. The Hall–Kier alpha value is -1.07. The number of hydrogen-bond acceptors (Lipinski definition) is 3. The summed E-state index contributed by atoms with van der Waals surface area (Å²) < 4.78 is 36.2. The summed E-state index contributed by atoms with van der Waals surface area (Å²) in [4.78, 5) is -0.101. The zero-order valence-electron chi connectivity index (χ0n) is 10.1. The third-order valence-corrected chi connectivity index (χ3v) is 3.30. The van der Waals surface area contributed by atoms with Crippen molar-refractivity contribution in [3.05, 3.63) is 23.8 Å². The monoisotopic (exact) mass is 258 g/mol. The number of hydrogen-bond donors (Lipinski definition) is 1. The van der Waals surface area contributed by atoms with Gasteiger partial charge in [0.25, 0.3) is 10.1 Å². The Morgan fingerprint density at radius 3 is 2.53 bits per heavy atom. The molecule has 1 aromatic carbocycles. The van der Waals surface area contributed by atoms with Gasteiger partial charge in [-0.3, -0.25) is 4.55 Å². The normalized spacial score (nSPS) is 11.5. The molecule has 0 saturated heterocycles. The molecule has 0 radical (unpaired) electrons. The third-order valence-electron chi connectivity index (χ3n) is 2.45. The Morgan fingerprint density at radius 2 is 2.00 bits per heavy atom. The van der Waals surface area contributed by atoms with Crippen LogP contribution in [0.4, 0.5) is 0 Å². The molecule has 0 fully saturated rings. The summed E-state index contributed by atoms with van der Waals surface area (Å²) in [6.07, 6.45) is 3.22. The lowest BCUT2D eigenvalue weighted by atomic mass is 10.2. The minimum absolute atomic E-state index is 0.101. The van der Waals surface area contributed by atoms with Crippen LogP contribution < -0.4 is 4.74 Å². The van der Waals surface area contributed by atoms with Crippen LogP contribution in [0.5, 0.6) is 5.75 Å². The van der Waals surface area contributed by atoms with Gasteiger partial charge < -0.3 is 4.74 Å². The van der Waals surface area contributed by atoms with E-state index in [0.717, 1.165) is 19.3 Å². The molecule has 96 valence electrons. The minimum Gasteiger partial charge on any atom is -0.493 e. The molecule has 0 spiro atoms. The van der Waals surface area contributed by atoms with Crippen LogP contribution in [0.3, 0.4) is 0 Å². The number of rotatable bonds is 6. The van der Waals surface area contributed by atoms with Gasteiger partial charge in [0.1, 0.15) is 5.75 Å². The third kappa shape index (κ3) is 4.36. The van der Waals surface area contributed by atoms with Gasteiger partial charge in [0, 0.05) is 0 Å². The van der Waals surface area contributed by atoms with E-state index in [1.54, 1.807) is 13.0 Å². The fourth-order valence-corrected chi connectivity index (χ4v) is 2.04. The lowest BCUT2D eigenvalue weighted by molar-refractivity contribution is 0.304. The first-order valence-electron chi connectivity index (χ1n) is 5.66. The van der Waals surface area contributed by atoms with E-state index in [1.165, 1.54) is 12.1 Å². The van der Waals surface area contributed by atoms with E-state index in [1.807, 2.05) is 0 Å². The predicted molar refractivity (Wildman–Crippen MR) is 66.0 cm³/mol. The second-order valence-electron chi connectivity index (χ2n) is 3.96. The maximum absolute atomic E-state index is 10.9. The van der Waals surface area contributed by atoms with E-state index in [-0.39, 0.29) is 4.90 Å². The molecule has 0 saturated carbocycles. The van der Waals surface area contributed by atoms with Crippen molar-refractivity contribution < 1.29 is 17.7 Å². The molecule has 0 aliphatic heterocycles. The lowest BCUT2D eigenvalue weighted by Gasteiger charge is -2.09. The summed E-state index contributed by atoms with van der Waals surface area (Å²) in [5.74, 6) is 0.661. The summed E-state index contributed by atoms with van der Waals surface area (Å²) in [6.45, 7) is 4.50. The molecule has 5 heteroatoms. The van der Waals surface area contributed by atoms with Crippen molar-refractivity contribution >= 4 is 10.1 Å². The summed E-state index contributed by atoms with van der Waals surface area (Å²) in [7, 11) is -4.13. The molecule has 0 aromatic heterocycles. The van der Waals surface area contributed by atoms with Crippen molar-refractivity contribution in [1.82, 2.24) is 0 Å². The Bertz CT molecular complexity index is 465. The van der Waals surface area contributed by atoms with Crippen LogP contribution in [0.1, 0.15) is 31.7 Å². The molecule has 4 nitrogen and oxygen atoms in total. The second-order valence-corrected chi connectivity index (χ2v) is 5.38. The molecule has 17 heavy (non-hydrogen) atoms. The van der Waals surface area contributed by atoms with Crippen LogP contribution in [-0.2, 0) is 10.1 Å². The maximum atomic E-state index is 10.9.